The smallest absolute Gasteiger partial charge is 0.289 e. The van der Waals surface area contributed by atoms with Gasteiger partial charge in [0.05, 0.1) is 12.8 Å². The van der Waals surface area contributed by atoms with Gasteiger partial charge >= 0.3 is 0 Å². The molecule has 114 valence electrons. The number of carbonyl (C=O) groups is 1. The van der Waals surface area contributed by atoms with Gasteiger partial charge in [-0.15, -0.1) is 0 Å². The van der Waals surface area contributed by atoms with Crippen molar-refractivity contribution in [3.8, 4) is 11.5 Å². The number of nitrogens with zero attached hydrogens (tertiary/aromatic N) is 2. The van der Waals surface area contributed by atoms with Crippen molar-refractivity contribution in [1.82, 2.24) is 10.4 Å². The SMILES string of the molecule is CCCOc1ccc(/C=N/NC(=O)c2ccccn2)c(O)c1. The van der Waals surface area contributed by atoms with E-state index in [4.69, 9.17) is 4.74 Å². The van der Waals surface area contributed by atoms with E-state index >= 15 is 0 Å². The number of nitrogens with one attached hydrogen (secondary N) is 1. The highest BCUT2D eigenvalue weighted by Gasteiger charge is 2.04. The highest BCUT2D eigenvalue weighted by molar-refractivity contribution is 5.93. The van der Waals surface area contributed by atoms with Crippen LogP contribution < -0.4 is 10.2 Å². The number of rotatable bonds is 6. The number of carbonyl (C=O) groups excluding carboxylic acids is 1. The summed E-state index contributed by atoms with van der Waals surface area (Å²) in [6.45, 7) is 2.60. The molecule has 0 saturated heterocycles. The highest BCUT2D eigenvalue weighted by Crippen LogP contribution is 2.22. The average molecular weight is 299 g/mol. The van der Waals surface area contributed by atoms with E-state index in [2.05, 4.69) is 15.5 Å². The van der Waals surface area contributed by atoms with Gasteiger partial charge < -0.3 is 9.84 Å². The number of phenolic OH excluding ortho intramolecular Hbond substituents is 1. The fourth-order valence-corrected chi connectivity index (χ4v) is 1.66. The Balaban J connectivity index is 1.97. The molecule has 1 heterocycles. The molecule has 0 unspecified atom stereocenters. The molecular weight excluding hydrogens is 282 g/mol. The lowest BCUT2D eigenvalue weighted by atomic mass is 10.2. The lowest BCUT2D eigenvalue weighted by Gasteiger charge is -2.06. The molecule has 6 nitrogen and oxygen atoms in total. The number of aromatic nitrogens is 1. The van der Waals surface area contributed by atoms with Gasteiger partial charge in [-0.3, -0.25) is 9.78 Å². The zero-order chi connectivity index (χ0) is 15.8. The molecule has 2 N–H and O–H groups in total. The Morgan fingerprint density at radius 2 is 2.27 bits per heavy atom. The van der Waals surface area contributed by atoms with Crippen molar-refractivity contribution in [1.29, 1.82) is 0 Å². The molecule has 0 spiro atoms. The Morgan fingerprint density at radius 3 is 2.95 bits per heavy atom. The molecule has 0 aliphatic heterocycles. The molecule has 0 fully saturated rings. The second-order valence-electron chi connectivity index (χ2n) is 4.48. The lowest BCUT2D eigenvalue weighted by Crippen LogP contribution is -2.18. The minimum Gasteiger partial charge on any atom is -0.507 e. The van der Waals surface area contributed by atoms with Crippen LogP contribution in [0, 0.1) is 0 Å². The number of phenols is 1. The van der Waals surface area contributed by atoms with Crippen molar-refractivity contribution in [2.24, 2.45) is 5.10 Å². The predicted molar refractivity (Wildman–Crippen MR) is 83.2 cm³/mol. The van der Waals surface area contributed by atoms with E-state index in [9.17, 15) is 9.90 Å². The number of amides is 1. The van der Waals surface area contributed by atoms with Crippen LogP contribution in [0.1, 0.15) is 29.4 Å². The maximum atomic E-state index is 11.7. The Morgan fingerprint density at radius 1 is 1.41 bits per heavy atom. The molecule has 0 bridgehead atoms. The van der Waals surface area contributed by atoms with E-state index in [0.29, 0.717) is 17.9 Å². The standard InChI is InChI=1S/C16H17N3O3/c1-2-9-22-13-7-6-12(15(20)10-13)11-18-19-16(21)14-5-3-4-8-17-14/h3-8,10-11,20H,2,9H2,1H3,(H,19,21)/b18-11+. The molecule has 2 rings (SSSR count). The quantitative estimate of drug-likeness (QED) is 0.633. The number of pyridine rings is 1. The van der Waals surface area contributed by atoms with E-state index in [1.807, 2.05) is 6.92 Å². The minimum atomic E-state index is -0.417. The summed E-state index contributed by atoms with van der Waals surface area (Å²) in [7, 11) is 0. The van der Waals surface area contributed by atoms with Crippen LogP contribution in [0.25, 0.3) is 0 Å². The maximum Gasteiger partial charge on any atom is 0.289 e. The van der Waals surface area contributed by atoms with Crippen molar-refractivity contribution in [3.63, 3.8) is 0 Å². The molecule has 0 aliphatic rings. The Kier molecular flexibility index (Phi) is 5.48. The van der Waals surface area contributed by atoms with E-state index < -0.39 is 5.91 Å². The van der Waals surface area contributed by atoms with Crippen LogP contribution in [-0.4, -0.2) is 28.8 Å². The number of hydrazone groups is 1. The summed E-state index contributed by atoms with van der Waals surface area (Å²) in [5.74, 6) is 0.206. The Bertz CT molecular complexity index is 657. The van der Waals surface area contributed by atoms with Gasteiger partial charge in [0.25, 0.3) is 5.91 Å². The van der Waals surface area contributed by atoms with Crippen molar-refractivity contribution < 1.29 is 14.6 Å². The zero-order valence-electron chi connectivity index (χ0n) is 12.2. The second kappa shape index (κ2) is 7.78. The lowest BCUT2D eigenvalue weighted by molar-refractivity contribution is 0.0950. The maximum absolute atomic E-state index is 11.7. The molecule has 1 amide bonds. The molecule has 1 aromatic carbocycles. The van der Waals surface area contributed by atoms with Gasteiger partial charge in [0.2, 0.25) is 0 Å². The van der Waals surface area contributed by atoms with Gasteiger partial charge in [-0.25, -0.2) is 5.43 Å². The molecule has 2 aromatic rings. The van der Waals surface area contributed by atoms with Gasteiger partial charge in [0, 0.05) is 17.8 Å². The van der Waals surface area contributed by atoms with Crippen molar-refractivity contribution >= 4 is 12.1 Å². The van der Waals surface area contributed by atoms with Gasteiger partial charge in [-0.2, -0.15) is 5.10 Å². The minimum absolute atomic E-state index is 0.0319. The molecular formula is C16H17N3O3. The van der Waals surface area contributed by atoms with Gasteiger partial charge in [-0.1, -0.05) is 13.0 Å². The van der Waals surface area contributed by atoms with Crippen LogP contribution >= 0.6 is 0 Å². The molecule has 1 aromatic heterocycles. The van der Waals surface area contributed by atoms with Gasteiger partial charge in [0.1, 0.15) is 17.2 Å². The topological polar surface area (TPSA) is 83.8 Å². The molecule has 0 saturated carbocycles. The van der Waals surface area contributed by atoms with Gasteiger partial charge in [0.15, 0.2) is 0 Å². The molecule has 22 heavy (non-hydrogen) atoms. The third-order valence-corrected chi connectivity index (χ3v) is 2.74. The fourth-order valence-electron chi connectivity index (χ4n) is 1.66. The summed E-state index contributed by atoms with van der Waals surface area (Å²) < 4.78 is 5.41. The summed E-state index contributed by atoms with van der Waals surface area (Å²) in [4.78, 5) is 15.6. The van der Waals surface area contributed by atoms with Gasteiger partial charge in [-0.05, 0) is 30.7 Å². The second-order valence-corrected chi connectivity index (χ2v) is 4.48. The number of benzene rings is 1. The zero-order valence-corrected chi connectivity index (χ0v) is 12.2. The Labute approximate surface area is 128 Å². The van der Waals surface area contributed by atoms with Crippen LogP contribution in [0.4, 0.5) is 0 Å². The first-order valence-corrected chi connectivity index (χ1v) is 6.91. The number of aromatic hydroxyl groups is 1. The number of hydrogen-bond donors (Lipinski definition) is 2. The molecule has 0 radical (unpaired) electrons. The third kappa shape index (κ3) is 4.31. The van der Waals surface area contributed by atoms with Crippen LogP contribution in [-0.2, 0) is 0 Å². The number of ether oxygens (including phenoxy) is 1. The predicted octanol–water partition coefficient (Wildman–Crippen LogP) is 2.34. The summed E-state index contributed by atoms with van der Waals surface area (Å²) in [5, 5.41) is 13.7. The largest absolute Gasteiger partial charge is 0.507 e. The average Bonchev–Trinajstić information content (AvgIpc) is 2.55. The van der Waals surface area contributed by atoms with Crippen LogP contribution in [0.2, 0.25) is 0 Å². The molecule has 0 aliphatic carbocycles. The normalized spacial score (nSPS) is 10.6. The first-order valence-electron chi connectivity index (χ1n) is 6.91. The highest BCUT2D eigenvalue weighted by atomic mass is 16.5. The third-order valence-electron chi connectivity index (χ3n) is 2.74. The van der Waals surface area contributed by atoms with Crippen molar-refractivity contribution in [2.75, 3.05) is 6.61 Å². The van der Waals surface area contributed by atoms with Crippen molar-refractivity contribution in [3.05, 3.63) is 53.9 Å². The fraction of sp³-hybridized carbons (Fsp3) is 0.188. The first kappa shape index (κ1) is 15.5. The monoisotopic (exact) mass is 299 g/mol. The van der Waals surface area contributed by atoms with Crippen LogP contribution in [0.5, 0.6) is 11.5 Å². The van der Waals surface area contributed by atoms with Crippen molar-refractivity contribution in [2.45, 2.75) is 13.3 Å². The van der Waals surface area contributed by atoms with E-state index in [-0.39, 0.29) is 11.4 Å². The van der Waals surface area contributed by atoms with Crippen LogP contribution in [0.3, 0.4) is 0 Å². The summed E-state index contributed by atoms with van der Waals surface area (Å²) in [6.07, 6.45) is 3.78. The van der Waals surface area contributed by atoms with Crippen LogP contribution in [0.15, 0.2) is 47.7 Å². The van der Waals surface area contributed by atoms with E-state index in [1.54, 1.807) is 30.3 Å². The Hall–Kier alpha value is -2.89. The first-order chi connectivity index (χ1) is 10.7. The van der Waals surface area contributed by atoms with E-state index in [0.717, 1.165) is 6.42 Å². The summed E-state index contributed by atoms with van der Waals surface area (Å²) >= 11 is 0. The molecule has 6 heteroatoms. The van der Waals surface area contributed by atoms with E-state index in [1.165, 1.54) is 18.5 Å². The summed E-state index contributed by atoms with van der Waals surface area (Å²) in [5.41, 5.74) is 3.10. The summed E-state index contributed by atoms with van der Waals surface area (Å²) in [6, 6.07) is 9.93. The number of hydrogen-bond acceptors (Lipinski definition) is 5. The molecule has 0 atom stereocenters.